The predicted octanol–water partition coefficient (Wildman–Crippen LogP) is 3.48. The smallest absolute Gasteiger partial charge is 0.226 e. The van der Waals surface area contributed by atoms with E-state index in [0.29, 0.717) is 36.5 Å². The first-order valence-electron chi connectivity index (χ1n) is 7.33. The second kappa shape index (κ2) is 7.57. The molecule has 2 aromatic rings. The van der Waals surface area contributed by atoms with Crippen LogP contribution in [-0.4, -0.2) is 16.7 Å². The Morgan fingerprint density at radius 2 is 2.05 bits per heavy atom. The molecule has 0 amide bonds. The standard InChI is InChI=1S/C16H22ClN3O/c1-11(2)7-12(10-18)8-16-19-15(20-21-16)9-13-5-3-4-6-14(13)17/h3-6,11-12H,7-10,18H2,1-2H3/t12-/m0/s1. The number of aromatic nitrogens is 2. The van der Waals surface area contributed by atoms with Gasteiger partial charge in [0.15, 0.2) is 5.82 Å². The van der Waals surface area contributed by atoms with Gasteiger partial charge in [0.25, 0.3) is 0 Å². The van der Waals surface area contributed by atoms with E-state index >= 15 is 0 Å². The van der Waals surface area contributed by atoms with Gasteiger partial charge in [-0.1, -0.05) is 48.8 Å². The van der Waals surface area contributed by atoms with Crippen LogP contribution in [0.3, 0.4) is 0 Å². The van der Waals surface area contributed by atoms with E-state index < -0.39 is 0 Å². The summed E-state index contributed by atoms with van der Waals surface area (Å²) in [6.45, 7) is 5.03. The summed E-state index contributed by atoms with van der Waals surface area (Å²) in [7, 11) is 0. The van der Waals surface area contributed by atoms with Gasteiger partial charge in [0.1, 0.15) is 0 Å². The van der Waals surface area contributed by atoms with Crippen LogP contribution in [0.1, 0.15) is 37.5 Å². The minimum Gasteiger partial charge on any atom is -0.339 e. The van der Waals surface area contributed by atoms with Crippen molar-refractivity contribution < 1.29 is 4.52 Å². The summed E-state index contributed by atoms with van der Waals surface area (Å²) in [4.78, 5) is 4.45. The number of benzene rings is 1. The van der Waals surface area contributed by atoms with Gasteiger partial charge < -0.3 is 10.3 Å². The van der Waals surface area contributed by atoms with Gasteiger partial charge in [-0.05, 0) is 36.4 Å². The first-order valence-corrected chi connectivity index (χ1v) is 7.71. The normalized spacial score (nSPS) is 12.8. The van der Waals surface area contributed by atoms with Crippen LogP contribution in [-0.2, 0) is 12.8 Å². The molecule has 2 rings (SSSR count). The molecule has 0 unspecified atom stereocenters. The Morgan fingerprint density at radius 1 is 1.29 bits per heavy atom. The Balaban J connectivity index is 1.99. The summed E-state index contributed by atoms with van der Waals surface area (Å²) in [6, 6.07) is 7.70. The quantitative estimate of drug-likeness (QED) is 0.850. The average molecular weight is 308 g/mol. The zero-order valence-electron chi connectivity index (χ0n) is 12.6. The molecule has 0 aliphatic heterocycles. The number of nitrogens with two attached hydrogens (primary N) is 1. The summed E-state index contributed by atoms with van der Waals surface area (Å²) in [6.07, 6.45) is 2.39. The van der Waals surface area contributed by atoms with E-state index in [1.54, 1.807) is 0 Å². The van der Waals surface area contributed by atoms with E-state index in [-0.39, 0.29) is 0 Å². The van der Waals surface area contributed by atoms with Gasteiger partial charge >= 0.3 is 0 Å². The number of hydrogen-bond donors (Lipinski definition) is 1. The molecule has 0 aliphatic rings. The highest BCUT2D eigenvalue weighted by molar-refractivity contribution is 6.31. The van der Waals surface area contributed by atoms with Gasteiger partial charge in [-0.15, -0.1) is 0 Å². The van der Waals surface area contributed by atoms with E-state index in [0.717, 1.165) is 23.4 Å². The maximum atomic E-state index is 6.14. The fraction of sp³-hybridized carbons (Fsp3) is 0.500. The molecule has 1 atom stereocenters. The molecule has 0 bridgehead atoms. The van der Waals surface area contributed by atoms with E-state index in [4.69, 9.17) is 21.9 Å². The van der Waals surface area contributed by atoms with Crippen molar-refractivity contribution in [2.24, 2.45) is 17.6 Å². The Bertz CT molecular complexity index is 568. The van der Waals surface area contributed by atoms with Gasteiger partial charge in [-0.25, -0.2) is 0 Å². The van der Waals surface area contributed by atoms with Crippen LogP contribution >= 0.6 is 11.6 Å². The largest absolute Gasteiger partial charge is 0.339 e. The summed E-state index contributed by atoms with van der Waals surface area (Å²) in [5, 5.41) is 4.76. The fourth-order valence-electron chi connectivity index (χ4n) is 2.43. The van der Waals surface area contributed by atoms with Crippen molar-refractivity contribution in [2.45, 2.75) is 33.1 Å². The van der Waals surface area contributed by atoms with Crippen molar-refractivity contribution >= 4 is 11.6 Å². The molecule has 0 saturated heterocycles. The minimum absolute atomic E-state index is 0.388. The first-order chi connectivity index (χ1) is 10.1. The Kier molecular flexibility index (Phi) is 5.76. The van der Waals surface area contributed by atoms with Crippen LogP contribution in [0.25, 0.3) is 0 Å². The monoisotopic (exact) mass is 307 g/mol. The average Bonchev–Trinajstić information content (AvgIpc) is 2.87. The van der Waals surface area contributed by atoms with Crippen molar-refractivity contribution in [1.29, 1.82) is 0 Å². The number of hydrogen-bond acceptors (Lipinski definition) is 4. The van der Waals surface area contributed by atoms with Crippen LogP contribution < -0.4 is 5.73 Å². The zero-order chi connectivity index (χ0) is 15.2. The highest BCUT2D eigenvalue weighted by Crippen LogP contribution is 2.19. The van der Waals surface area contributed by atoms with Crippen LogP contribution in [0.2, 0.25) is 5.02 Å². The van der Waals surface area contributed by atoms with Crippen molar-refractivity contribution in [3.05, 3.63) is 46.6 Å². The molecule has 0 radical (unpaired) electrons. The SMILES string of the molecule is CC(C)C[C@H](CN)Cc1nc(Cc2ccccc2Cl)no1. The van der Waals surface area contributed by atoms with Crippen LogP contribution in [0.4, 0.5) is 0 Å². The molecule has 5 heteroatoms. The number of rotatable bonds is 7. The first kappa shape index (κ1) is 16.0. The van der Waals surface area contributed by atoms with Gasteiger partial charge in [0.2, 0.25) is 5.89 Å². The molecular formula is C16H22ClN3O. The molecule has 0 saturated carbocycles. The van der Waals surface area contributed by atoms with Crippen molar-refractivity contribution in [3.63, 3.8) is 0 Å². The molecule has 2 N–H and O–H groups in total. The summed E-state index contributed by atoms with van der Waals surface area (Å²) >= 11 is 6.14. The van der Waals surface area contributed by atoms with Gasteiger partial charge in [-0.3, -0.25) is 0 Å². The summed E-state index contributed by atoms with van der Waals surface area (Å²) < 4.78 is 5.33. The molecule has 1 aromatic carbocycles. The van der Waals surface area contributed by atoms with E-state index in [9.17, 15) is 0 Å². The van der Waals surface area contributed by atoms with Crippen molar-refractivity contribution in [1.82, 2.24) is 10.1 Å². The maximum absolute atomic E-state index is 6.14. The molecule has 0 aliphatic carbocycles. The third-order valence-corrected chi connectivity index (χ3v) is 3.79. The second-order valence-corrected chi connectivity index (χ2v) is 6.22. The minimum atomic E-state index is 0.388. The lowest BCUT2D eigenvalue weighted by Crippen LogP contribution is -2.19. The third kappa shape index (κ3) is 4.83. The topological polar surface area (TPSA) is 64.9 Å². The lowest BCUT2D eigenvalue weighted by atomic mass is 9.94. The molecule has 0 fully saturated rings. The Labute approximate surface area is 130 Å². The fourth-order valence-corrected chi connectivity index (χ4v) is 2.64. The molecule has 21 heavy (non-hydrogen) atoms. The lowest BCUT2D eigenvalue weighted by Gasteiger charge is -2.14. The van der Waals surface area contributed by atoms with Gasteiger partial charge in [0.05, 0.1) is 0 Å². The number of nitrogens with zero attached hydrogens (tertiary/aromatic N) is 2. The van der Waals surface area contributed by atoms with E-state index in [1.165, 1.54) is 0 Å². The second-order valence-electron chi connectivity index (χ2n) is 5.81. The third-order valence-electron chi connectivity index (χ3n) is 3.42. The Hall–Kier alpha value is -1.39. The molecular weight excluding hydrogens is 286 g/mol. The molecule has 114 valence electrons. The highest BCUT2D eigenvalue weighted by Gasteiger charge is 2.15. The van der Waals surface area contributed by atoms with Crippen molar-refractivity contribution in [3.8, 4) is 0 Å². The zero-order valence-corrected chi connectivity index (χ0v) is 13.3. The van der Waals surface area contributed by atoms with Crippen molar-refractivity contribution in [2.75, 3.05) is 6.54 Å². The maximum Gasteiger partial charge on any atom is 0.226 e. The van der Waals surface area contributed by atoms with Gasteiger partial charge in [-0.2, -0.15) is 4.98 Å². The highest BCUT2D eigenvalue weighted by atomic mass is 35.5. The van der Waals surface area contributed by atoms with Crippen LogP contribution in [0.15, 0.2) is 28.8 Å². The molecule has 1 heterocycles. The summed E-state index contributed by atoms with van der Waals surface area (Å²) in [5.74, 6) is 2.33. The van der Waals surface area contributed by atoms with Crippen LogP contribution in [0.5, 0.6) is 0 Å². The predicted molar refractivity (Wildman–Crippen MR) is 84.3 cm³/mol. The summed E-state index contributed by atoms with van der Waals surface area (Å²) in [5.41, 5.74) is 6.82. The molecule has 0 spiro atoms. The van der Waals surface area contributed by atoms with E-state index in [2.05, 4.69) is 24.0 Å². The lowest BCUT2D eigenvalue weighted by molar-refractivity contribution is 0.329. The van der Waals surface area contributed by atoms with Crippen LogP contribution in [0, 0.1) is 11.8 Å². The van der Waals surface area contributed by atoms with Gasteiger partial charge in [0, 0.05) is 17.9 Å². The molecule has 4 nitrogen and oxygen atoms in total. The molecule has 1 aromatic heterocycles. The Morgan fingerprint density at radius 3 is 2.71 bits per heavy atom. The number of halogens is 1. The van der Waals surface area contributed by atoms with E-state index in [1.807, 2.05) is 24.3 Å².